The third-order valence-electron chi connectivity index (χ3n) is 3.46. The van der Waals surface area contributed by atoms with Crippen molar-refractivity contribution in [1.29, 1.82) is 0 Å². The van der Waals surface area contributed by atoms with Crippen molar-refractivity contribution in [3.8, 4) is 11.5 Å². The van der Waals surface area contributed by atoms with E-state index >= 15 is 0 Å². The second kappa shape index (κ2) is 9.18. The lowest BCUT2D eigenvalue weighted by Gasteiger charge is -2.11. The van der Waals surface area contributed by atoms with Gasteiger partial charge in [-0.05, 0) is 23.8 Å². The number of esters is 2. The van der Waals surface area contributed by atoms with Crippen molar-refractivity contribution in [2.75, 3.05) is 20.8 Å². The predicted molar refractivity (Wildman–Crippen MR) is 92.7 cm³/mol. The largest absolute Gasteiger partial charge is 0.493 e. The number of nitro benzene ring substituents is 1. The van der Waals surface area contributed by atoms with Gasteiger partial charge in [-0.15, -0.1) is 0 Å². The number of hydrogen-bond acceptors (Lipinski definition) is 8. The Morgan fingerprint density at radius 2 is 1.85 bits per heavy atom. The average molecular weight is 375 g/mol. The molecule has 0 aromatic heterocycles. The van der Waals surface area contributed by atoms with Crippen LogP contribution in [0.15, 0.2) is 42.5 Å². The molecular formula is C18H17NO8. The van der Waals surface area contributed by atoms with Gasteiger partial charge >= 0.3 is 11.9 Å². The predicted octanol–water partition coefficient (Wildman–Crippen LogP) is 2.51. The Labute approximate surface area is 154 Å². The van der Waals surface area contributed by atoms with Crippen molar-refractivity contribution in [3.63, 3.8) is 0 Å². The molecule has 0 unspecified atom stereocenters. The van der Waals surface area contributed by atoms with E-state index in [0.29, 0.717) is 11.3 Å². The van der Waals surface area contributed by atoms with Gasteiger partial charge < -0.3 is 18.9 Å². The highest BCUT2D eigenvalue weighted by Gasteiger charge is 2.14. The van der Waals surface area contributed by atoms with Crippen LogP contribution in [0.1, 0.15) is 15.9 Å². The van der Waals surface area contributed by atoms with Gasteiger partial charge in [-0.2, -0.15) is 0 Å². The molecule has 0 heterocycles. The highest BCUT2D eigenvalue weighted by molar-refractivity contribution is 5.90. The molecule has 0 aliphatic heterocycles. The number of benzene rings is 2. The molecule has 27 heavy (non-hydrogen) atoms. The van der Waals surface area contributed by atoms with Crippen LogP contribution in [0.25, 0.3) is 0 Å². The molecule has 0 aliphatic carbocycles. The van der Waals surface area contributed by atoms with Gasteiger partial charge in [-0.3, -0.25) is 10.1 Å². The molecule has 0 spiro atoms. The topological polar surface area (TPSA) is 114 Å². The molecule has 9 nitrogen and oxygen atoms in total. The molecule has 0 bridgehead atoms. The number of carbonyl (C=O) groups excluding carboxylic acids is 2. The molecule has 0 saturated heterocycles. The number of hydrogen-bond donors (Lipinski definition) is 0. The quantitative estimate of drug-likeness (QED) is 0.393. The summed E-state index contributed by atoms with van der Waals surface area (Å²) in [6, 6.07) is 10.1. The van der Waals surface area contributed by atoms with E-state index in [-0.39, 0.29) is 30.2 Å². The van der Waals surface area contributed by atoms with E-state index in [1.54, 1.807) is 6.07 Å². The molecule has 2 aromatic carbocycles. The minimum Gasteiger partial charge on any atom is -0.493 e. The smallest absolute Gasteiger partial charge is 0.343 e. The molecule has 0 atom stereocenters. The molecule has 9 heteroatoms. The fourth-order valence-corrected chi connectivity index (χ4v) is 2.10. The van der Waals surface area contributed by atoms with Crippen LogP contribution in [-0.2, 0) is 20.9 Å². The van der Waals surface area contributed by atoms with Gasteiger partial charge in [0.2, 0.25) is 0 Å². The summed E-state index contributed by atoms with van der Waals surface area (Å²) in [5, 5.41) is 10.8. The zero-order chi connectivity index (χ0) is 19.8. The van der Waals surface area contributed by atoms with Crippen molar-refractivity contribution < 1.29 is 33.5 Å². The highest BCUT2D eigenvalue weighted by Crippen LogP contribution is 2.28. The van der Waals surface area contributed by atoms with E-state index in [4.69, 9.17) is 14.2 Å². The average Bonchev–Trinajstić information content (AvgIpc) is 2.70. The van der Waals surface area contributed by atoms with Crippen LogP contribution < -0.4 is 9.47 Å². The second-order valence-electron chi connectivity index (χ2n) is 5.23. The van der Waals surface area contributed by atoms with E-state index in [9.17, 15) is 19.7 Å². The molecule has 0 saturated carbocycles. The lowest BCUT2D eigenvalue weighted by Crippen LogP contribution is -2.13. The Morgan fingerprint density at radius 3 is 2.52 bits per heavy atom. The summed E-state index contributed by atoms with van der Waals surface area (Å²) in [6.45, 7) is -0.482. The Balaban J connectivity index is 2.08. The third-order valence-corrected chi connectivity index (χ3v) is 3.46. The van der Waals surface area contributed by atoms with Crippen LogP contribution in [0.3, 0.4) is 0 Å². The van der Waals surface area contributed by atoms with Crippen molar-refractivity contribution in [3.05, 3.63) is 63.7 Å². The Bertz CT molecular complexity index is 849. The fraction of sp³-hybridized carbons (Fsp3) is 0.222. The number of nitro groups is 1. The van der Waals surface area contributed by atoms with E-state index < -0.39 is 16.9 Å². The van der Waals surface area contributed by atoms with Gasteiger partial charge in [-0.1, -0.05) is 12.1 Å². The molecule has 2 rings (SSSR count). The summed E-state index contributed by atoms with van der Waals surface area (Å²) in [7, 11) is 2.64. The second-order valence-corrected chi connectivity index (χ2v) is 5.23. The fourth-order valence-electron chi connectivity index (χ4n) is 2.10. The van der Waals surface area contributed by atoms with Gasteiger partial charge in [0.15, 0.2) is 18.1 Å². The minimum atomic E-state index is -0.660. The van der Waals surface area contributed by atoms with Gasteiger partial charge in [0.1, 0.15) is 6.61 Å². The molecule has 0 N–H and O–H groups in total. The molecule has 0 fully saturated rings. The zero-order valence-corrected chi connectivity index (χ0v) is 14.7. The van der Waals surface area contributed by atoms with Crippen LogP contribution in [0.2, 0.25) is 0 Å². The lowest BCUT2D eigenvalue weighted by molar-refractivity contribution is -0.384. The summed E-state index contributed by atoms with van der Waals surface area (Å²) >= 11 is 0. The molecule has 0 radical (unpaired) electrons. The molecule has 0 aliphatic rings. The summed E-state index contributed by atoms with van der Waals surface area (Å²) in [6.07, 6.45) is 0. The molecule has 0 amide bonds. The normalized spacial score (nSPS) is 10.0. The summed E-state index contributed by atoms with van der Waals surface area (Å²) in [5.41, 5.74) is 0.556. The first-order chi connectivity index (χ1) is 12.9. The van der Waals surface area contributed by atoms with Crippen LogP contribution in [0.5, 0.6) is 11.5 Å². The van der Waals surface area contributed by atoms with E-state index in [2.05, 4.69) is 4.74 Å². The van der Waals surface area contributed by atoms with E-state index in [1.165, 1.54) is 50.6 Å². The summed E-state index contributed by atoms with van der Waals surface area (Å²) < 4.78 is 20.1. The first-order valence-corrected chi connectivity index (χ1v) is 7.72. The lowest BCUT2D eigenvalue weighted by atomic mass is 10.2. The standard InChI is InChI=1S/C18H17NO8/c1-24-15-7-6-13(9-16(15)26-11-17(20)25-2)18(21)27-10-12-4-3-5-14(8-12)19(22)23/h3-9H,10-11H2,1-2H3. The van der Waals surface area contributed by atoms with Crippen LogP contribution in [-0.4, -0.2) is 37.7 Å². The van der Waals surface area contributed by atoms with Crippen molar-refractivity contribution in [1.82, 2.24) is 0 Å². The minimum absolute atomic E-state index is 0.0912. The Morgan fingerprint density at radius 1 is 1.07 bits per heavy atom. The van der Waals surface area contributed by atoms with Crippen LogP contribution in [0, 0.1) is 10.1 Å². The van der Waals surface area contributed by atoms with Crippen molar-refractivity contribution >= 4 is 17.6 Å². The Hall–Kier alpha value is -3.62. The number of rotatable bonds is 8. The van der Waals surface area contributed by atoms with Gasteiger partial charge in [0.05, 0.1) is 24.7 Å². The first kappa shape index (κ1) is 19.7. The molecule has 142 valence electrons. The number of ether oxygens (including phenoxy) is 4. The maximum atomic E-state index is 12.2. The number of carbonyl (C=O) groups is 2. The molecule has 2 aromatic rings. The van der Waals surface area contributed by atoms with Crippen LogP contribution in [0.4, 0.5) is 5.69 Å². The van der Waals surface area contributed by atoms with Gasteiger partial charge in [0.25, 0.3) is 5.69 Å². The maximum Gasteiger partial charge on any atom is 0.343 e. The summed E-state index contributed by atoms with van der Waals surface area (Å²) in [4.78, 5) is 33.7. The number of nitrogens with zero attached hydrogens (tertiary/aromatic N) is 1. The molecular weight excluding hydrogens is 358 g/mol. The Kier molecular flexibility index (Phi) is 6.70. The summed E-state index contributed by atoms with van der Waals surface area (Å²) in [5.74, 6) is -0.746. The van der Waals surface area contributed by atoms with E-state index in [1.807, 2.05) is 0 Å². The van der Waals surface area contributed by atoms with E-state index in [0.717, 1.165) is 0 Å². The highest BCUT2D eigenvalue weighted by atomic mass is 16.6. The van der Waals surface area contributed by atoms with Crippen LogP contribution >= 0.6 is 0 Å². The van der Waals surface area contributed by atoms with Crippen molar-refractivity contribution in [2.45, 2.75) is 6.61 Å². The van der Waals surface area contributed by atoms with Gasteiger partial charge in [0, 0.05) is 12.1 Å². The van der Waals surface area contributed by atoms with Crippen molar-refractivity contribution in [2.24, 2.45) is 0 Å². The third kappa shape index (κ3) is 5.43. The van der Waals surface area contributed by atoms with Gasteiger partial charge in [-0.25, -0.2) is 9.59 Å². The number of methoxy groups -OCH3 is 2. The zero-order valence-electron chi connectivity index (χ0n) is 14.7. The maximum absolute atomic E-state index is 12.2. The first-order valence-electron chi connectivity index (χ1n) is 7.72. The number of non-ortho nitro benzene ring substituents is 1. The monoisotopic (exact) mass is 375 g/mol. The SMILES string of the molecule is COC(=O)COc1cc(C(=O)OCc2cccc([N+](=O)[O-])c2)ccc1OC.